The van der Waals surface area contributed by atoms with Gasteiger partial charge in [0.2, 0.25) is 0 Å². The van der Waals surface area contributed by atoms with Gasteiger partial charge in [0.05, 0.1) is 6.54 Å². The second-order valence-electron chi connectivity index (χ2n) is 5.62. The maximum absolute atomic E-state index is 6.17. The molecule has 2 N–H and O–H groups in total. The van der Waals surface area contributed by atoms with Crippen molar-refractivity contribution in [2.75, 3.05) is 32.7 Å². The van der Waals surface area contributed by atoms with Gasteiger partial charge in [0.1, 0.15) is 0 Å². The Morgan fingerprint density at radius 3 is 2.73 bits per heavy atom. The van der Waals surface area contributed by atoms with Gasteiger partial charge in [-0.05, 0) is 57.5 Å². The largest absolute Gasteiger partial charge is 0.357 e. The standard InChI is InChI=1S/C17H27ClN4/c1-2-19-17(20-10-7-13-22-11-5-6-12-22)21-14-15-8-3-4-9-16(15)18/h3-4,8-9H,2,5-7,10-14H2,1H3,(H2,19,20,21). The van der Waals surface area contributed by atoms with Crippen LogP contribution in [0.4, 0.5) is 0 Å². The summed E-state index contributed by atoms with van der Waals surface area (Å²) in [5.41, 5.74) is 1.05. The van der Waals surface area contributed by atoms with E-state index in [2.05, 4.69) is 27.4 Å². The van der Waals surface area contributed by atoms with Crippen molar-refractivity contribution in [1.29, 1.82) is 0 Å². The van der Waals surface area contributed by atoms with Gasteiger partial charge in [0, 0.05) is 18.1 Å². The van der Waals surface area contributed by atoms with Crippen molar-refractivity contribution in [1.82, 2.24) is 15.5 Å². The van der Waals surface area contributed by atoms with Gasteiger partial charge >= 0.3 is 0 Å². The van der Waals surface area contributed by atoms with Crippen LogP contribution in [-0.4, -0.2) is 43.6 Å². The minimum absolute atomic E-state index is 0.598. The average molecular weight is 323 g/mol. The minimum atomic E-state index is 0.598. The molecule has 2 rings (SSSR count). The van der Waals surface area contributed by atoms with E-state index in [0.717, 1.165) is 36.1 Å². The van der Waals surface area contributed by atoms with Crippen molar-refractivity contribution in [3.63, 3.8) is 0 Å². The first kappa shape index (κ1) is 17.1. The minimum Gasteiger partial charge on any atom is -0.357 e. The van der Waals surface area contributed by atoms with Crippen molar-refractivity contribution in [2.24, 2.45) is 4.99 Å². The Balaban J connectivity index is 1.75. The van der Waals surface area contributed by atoms with Crippen LogP contribution >= 0.6 is 11.6 Å². The normalized spacial score (nSPS) is 16.0. The lowest BCUT2D eigenvalue weighted by Gasteiger charge is -2.16. The van der Waals surface area contributed by atoms with E-state index < -0.39 is 0 Å². The van der Waals surface area contributed by atoms with Crippen LogP contribution in [0.15, 0.2) is 29.3 Å². The van der Waals surface area contributed by atoms with Crippen LogP contribution in [0.5, 0.6) is 0 Å². The fraction of sp³-hybridized carbons (Fsp3) is 0.588. The van der Waals surface area contributed by atoms with Crippen LogP contribution in [0.2, 0.25) is 5.02 Å². The Labute approximate surface area is 138 Å². The van der Waals surface area contributed by atoms with Crippen LogP contribution in [0.25, 0.3) is 0 Å². The molecule has 0 unspecified atom stereocenters. The van der Waals surface area contributed by atoms with Gasteiger partial charge < -0.3 is 15.5 Å². The van der Waals surface area contributed by atoms with E-state index in [0.29, 0.717) is 6.54 Å². The number of nitrogens with zero attached hydrogens (tertiary/aromatic N) is 2. The zero-order chi connectivity index (χ0) is 15.6. The molecule has 1 heterocycles. The molecule has 0 atom stereocenters. The van der Waals surface area contributed by atoms with Crippen molar-refractivity contribution < 1.29 is 0 Å². The summed E-state index contributed by atoms with van der Waals surface area (Å²) >= 11 is 6.17. The lowest BCUT2D eigenvalue weighted by molar-refractivity contribution is 0.334. The summed E-state index contributed by atoms with van der Waals surface area (Å²) in [7, 11) is 0. The highest BCUT2D eigenvalue weighted by atomic mass is 35.5. The van der Waals surface area contributed by atoms with Crippen LogP contribution in [0, 0.1) is 0 Å². The van der Waals surface area contributed by atoms with Gasteiger partial charge in [-0.25, -0.2) is 4.99 Å². The van der Waals surface area contributed by atoms with E-state index in [1.165, 1.54) is 32.5 Å². The number of rotatable bonds is 7. The monoisotopic (exact) mass is 322 g/mol. The summed E-state index contributed by atoms with van der Waals surface area (Å²) in [5, 5.41) is 7.46. The van der Waals surface area contributed by atoms with E-state index in [1.807, 2.05) is 24.3 Å². The zero-order valence-electron chi connectivity index (χ0n) is 13.4. The lowest BCUT2D eigenvalue weighted by atomic mass is 10.2. The summed E-state index contributed by atoms with van der Waals surface area (Å²) in [5.74, 6) is 0.865. The molecule has 0 radical (unpaired) electrons. The van der Waals surface area contributed by atoms with Crippen LogP contribution in [-0.2, 0) is 6.54 Å². The third kappa shape index (κ3) is 5.85. The van der Waals surface area contributed by atoms with Crippen LogP contribution in [0.1, 0.15) is 31.7 Å². The molecule has 1 aliphatic heterocycles. The first-order chi connectivity index (χ1) is 10.8. The molecule has 4 nitrogen and oxygen atoms in total. The smallest absolute Gasteiger partial charge is 0.191 e. The van der Waals surface area contributed by atoms with E-state index in [9.17, 15) is 0 Å². The number of likely N-dealkylation sites (tertiary alicyclic amines) is 1. The predicted molar refractivity (Wildman–Crippen MR) is 94.6 cm³/mol. The molecule has 0 spiro atoms. The molecule has 0 saturated carbocycles. The second-order valence-corrected chi connectivity index (χ2v) is 6.02. The van der Waals surface area contributed by atoms with Gasteiger partial charge in [-0.15, -0.1) is 0 Å². The highest BCUT2D eigenvalue weighted by molar-refractivity contribution is 6.31. The highest BCUT2D eigenvalue weighted by Gasteiger charge is 2.10. The van der Waals surface area contributed by atoms with Gasteiger partial charge in [-0.1, -0.05) is 29.8 Å². The molecule has 1 fully saturated rings. The van der Waals surface area contributed by atoms with Gasteiger partial charge in [0.25, 0.3) is 0 Å². The van der Waals surface area contributed by atoms with Crippen LogP contribution < -0.4 is 10.6 Å². The summed E-state index contributed by atoms with van der Waals surface area (Å²) in [6, 6.07) is 7.86. The van der Waals surface area contributed by atoms with Crippen molar-refractivity contribution in [3.8, 4) is 0 Å². The molecule has 22 heavy (non-hydrogen) atoms. The molecule has 0 aromatic heterocycles. The quantitative estimate of drug-likeness (QED) is 0.460. The Kier molecular flexibility index (Phi) is 7.54. The first-order valence-electron chi connectivity index (χ1n) is 8.27. The summed E-state index contributed by atoms with van der Waals surface area (Å²) in [4.78, 5) is 7.15. The van der Waals surface area contributed by atoms with Crippen molar-refractivity contribution >= 4 is 17.6 Å². The molecule has 0 amide bonds. The first-order valence-corrected chi connectivity index (χ1v) is 8.65. The Bertz CT molecular complexity index is 469. The maximum Gasteiger partial charge on any atom is 0.191 e. The van der Waals surface area contributed by atoms with Gasteiger partial charge in [-0.2, -0.15) is 0 Å². The second kappa shape index (κ2) is 9.70. The van der Waals surface area contributed by atoms with Gasteiger partial charge in [-0.3, -0.25) is 0 Å². The Morgan fingerprint density at radius 1 is 1.23 bits per heavy atom. The molecular weight excluding hydrogens is 296 g/mol. The van der Waals surface area contributed by atoms with E-state index in [-0.39, 0.29) is 0 Å². The van der Waals surface area contributed by atoms with Crippen LogP contribution in [0.3, 0.4) is 0 Å². The summed E-state index contributed by atoms with van der Waals surface area (Å²) in [6.45, 7) is 8.20. The molecule has 1 aliphatic rings. The highest BCUT2D eigenvalue weighted by Crippen LogP contribution is 2.15. The molecule has 1 aromatic carbocycles. The number of hydrogen-bond acceptors (Lipinski definition) is 2. The number of benzene rings is 1. The predicted octanol–water partition coefficient (Wildman–Crippen LogP) is 2.88. The number of guanidine groups is 1. The number of aliphatic imine (C=N–C) groups is 1. The number of halogens is 1. The summed E-state index contributed by atoms with van der Waals surface area (Å²) < 4.78 is 0. The van der Waals surface area contributed by atoms with E-state index in [1.54, 1.807) is 0 Å². The van der Waals surface area contributed by atoms with Gasteiger partial charge in [0.15, 0.2) is 5.96 Å². The molecule has 1 aromatic rings. The average Bonchev–Trinajstić information content (AvgIpc) is 3.03. The van der Waals surface area contributed by atoms with Crippen molar-refractivity contribution in [2.45, 2.75) is 32.7 Å². The Hall–Kier alpha value is -1.26. The fourth-order valence-electron chi connectivity index (χ4n) is 2.65. The zero-order valence-corrected chi connectivity index (χ0v) is 14.2. The SMILES string of the molecule is CCNC(=NCc1ccccc1Cl)NCCCN1CCCC1. The molecule has 5 heteroatoms. The molecule has 1 saturated heterocycles. The third-order valence-corrected chi connectivity index (χ3v) is 4.22. The molecule has 122 valence electrons. The Morgan fingerprint density at radius 2 is 2.00 bits per heavy atom. The topological polar surface area (TPSA) is 39.7 Å². The molecular formula is C17H27ClN4. The number of nitrogens with one attached hydrogen (secondary N) is 2. The fourth-order valence-corrected chi connectivity index (χ4v) is 2.84. The van der Waals surface area contributed by atoms with Crippen molar-refractivity contribution in [3.05, 3.63) is 34.9 Å². The van der Waals surface area contributed by atoms with E-state index >= 15 is 0 Å². The van der Waals surface area contributed by atoms with E-state index in [4.69, 9.17) is 11.6 Å². The lowest BCUT2D eigenvalue weighted by Crippen LogP contribution is -2.38. The molecule has 0 bridgehead atoms. The third-order valence-electron chi connectivity index (χ3n) is 3.85. The number of hydrogen-bond donors (Lipinski definition) is 2. The summed E-state index contributed by atoms with van der Waals surface area (Å²) in [6.07, 6.45) is 3.86. The molecule has 0 aliphatic carbocycles. The maximum atomic E-state index is 6.17.